The number of rotatable bonds is 4. The molecule has 2 unspecified atom stereocenters. The van der Waals surface area contributed by atoms with Crippen molar-refractivity contribution in [2.45, 2.75) is 25.1 Å². The summed E-state index contributed by atoms with van der Waals surface area (Å²) < 4.78 is 24.1. The van der Waals surface area contributed by atoms with Gasteiger partial charge in [-0.05, 0) is 42.9 Å². The van der Waals surface area contributed by atoms with Crippen molar-refractivity contribution in [2.24, 2.45) is 0 Å². The zero-order valence-electron chi connectivity index (χ0n) is 9.74. The third kappa shape index (κ3) is 3.06. The van der Waals surface area contributed by atoms with Gasteiger partial charge in [0.1, 0.15) is 0 Å². The average molecular weight is 326 g/mol. The number of aryl methyl sites for hydroxylation is 1. The SMILES string of the molecule is CNC(c1cc(Br)c(C)s1)C(C)S(C)(=O)=O. The van der Waals surface area contributed by atoms with Gasteiger partial charge < -0.3 is 5.32 Å². The molecule has 0 saturated carbocycles. The molecule has 0 bridgehead atoms. The highest BCUT2D eigenvalue weighted by Crippen LogP contribution is 2.33. The second-order valence-electron chi connectivity index (χ2n) is 3.85. The highest BCUT2D eigenvalue weighted by atomic mass is 79.9. The summed E-state index contributed by atoms with van der Waals surface area (Å²) in [6.07, 6.45) is 1.28. The van der Waals surface area contributed by atoms with Gasteiger partial charge in [0.25, 0.3) is 0 Å². The molecule has 0 aromatic carbocycles. The van der Waals surface area contributed by atoms with Crippen molar-refractivity contribution in [1.29, 1.82) is 0 Å². The zero-order valence-corrected chi connectivity index (χ0v) is 13.0. The van der Waals surface area contributed by atoms with E-state index in [1.54, 1.807) is 25.3 Å². The van der Waals surface area contributed by atoms with E-state index in [9.17, 15) is 8.42 Å². The lowest BCUT2D eigenvalue weighted by Crippen LogP contribution is -2.32. The second kappa shape index (κ2) is 5.16. The maximum atomic E-state index is 11.5. The highest BCUT2D eigenvalue weighted by Gasteiger charge is 2.27. The van der Waals surface area contributed by atoms with Gasteiger partial charge in [-0.2, -0.15) is 0 Å². The van der Waals surface area contributed by atoms with E-state index < -0.39 is 15.1 Å². The van der Waals surface area contributed by atoms with Crippen molar-refractivity contribution >= 4 is 37.1 Å². The van der Waals surface area contributed by atoms with Crippen LogP contribution in [-0.2, 0) is 9.84 Å². The van der Waals surface area contributed by atoms with E-state index in [0.29, 0.717) is 0 Å². The van der Waals surface area contributed by atoms with Crippen LogP contribution < -0.4 is 5.32 Å². The lowest BCUT2D eigenvalue weighted by Gasteiger charge is -2.20. The Morgan fingerprint density at radius 1 is 1.50 bits per heavy atom. The molecule has 0 amide bonds. The van der Waals surface area contributed by atoms with Crippen molar-refractivity contribution in [3.8, 4) is 0 Å². The van der Waals surface area contributed by atoms with Crippen LogP contribution in [0.1, 0.15) is 22.7 Å². The molecule has 1 rings (SSSR count). The maximum Gasteiger partial charge on any atom is 0.151 e. The molecule has 3 nitrogen and oxygen atoms in total. The first-order valence-corrected chi connectivity index (χ1v) is 8.45. The van der Waals surface area contributed by atoms with Gasteiger partial charge >= 0.3 is 0 Å². The average Bonchev–Trinajstić information content (AvgIpc) is 2.46. The number of sulfone groups is 1. The van der Waals surface area contributed by atoms with Crippen molar-refractivity contribution < 1.29 is 8.42 Å². The van der Waals surface area contributed by atoms with Crippen LogP contribution in [0, 0.1) is 6.92 Å². The minimum absolute atomic E-state index is 0.148. The van der Waals surface area contributed by atoms with E-state index in [2.05, 4.69) is 21.2 Å². The molecular weight excluding hydrogens is 310 g/mol. The van der Waals surface area contributed by atoms with Gasteiger partial charge in [0.15, 0.2) is 9.84 Å². The van der Waals surface area contributed by atoms with Crippen LogP contribution in [-0.4, -0.2) is 27.0 Å². The summed E-state index contributed by atoms with van der Waals surface area (Å²) >= 11 is 5.06. The molecule has 0 saturated heterocycles. The van der Waals surface area contributed by atoms with Gasteiger partial charge in [0, 0.05) is 20.5 Å². The number of nitrogens with one attached hydrogen (secondary N) is 1. The number of thiophene rings is 1. The molecule has 1 aromatic heterocycles. The fraction of sp³-hybridized carbons (Fsp3) is 0.600. The monoisotopic (exact) mass is 325 g/mol. The summed E-state index contributed by atoms with van der Waals surface area (Å²) in [5.41, 5.74) is 0. The Hall–Kier alpha value is 0.0900. The van der Waals surface area contributed by atoms with Crippen LogP contribution in [0.4, 0.5) is 0 Å². The molecule has 0 fully saturated rings. The summed E-state index contributed by atoms with van der Waals surface area (Å²) in [4.78, 5) is 2.21. The Balaban J connectivity index is 3.08. The summed E-state index contributed by atoms with van der Waals surface area (Å²) in [5.74, 6) is 0. The van der Waals surface area contributed by atoms with Crippen LogP contribution >= 0.6 is 27.3 Å². The normalized spacial score (nSPS) is 16.1. The fourth-order valence-electron chi connectivity index (χ4n) is 1.49. The topological polar surface area (TPSA) is 46.2 Å². The van der Waals surface area contributed by atoms with E-state index in [-0.39, 0.29) is 6.04 Å². The molecule has 0 spiro atoms. The van der Waals surface area contributed by atoms with E-state index in [4.69, 9.17) is 0 Å². The molecule has 0 aliphatic carbocycles. The zero-order chi connectivity index (χ0) is 12.5. The summed E-state index contributed by atoms with van der Waals surface area (Å²) in [7, 11) is -1.25. The molecular formula is C10H16BrNO2S2. The van der Waals surface area contributed by atoms with Crippen molar-refractivity contribution in [1.82, 2.24) is 5.32 Å². The predicted octanol–water partition coefficient (Wildman–Crippen LogP) is 2.51. The first-order valence-electron chi connectivity index (χ1n) is 4.89. The van der Waals surface area contributed by atoms with E-state index in [1.165, 1.54) is 6.26 Å². The van der Waals surface area contributed by atoms with Gasteiger partial charge in [-0.25, -0.2) is 8.42 Å². The lowest BCUT2D eigenvalue weighted by molar-refractivity contribution is 0.539. The van der Waals surface area contributed by atoms with Crippen LogP contribution in [0.15, 0.2) is 10.5 Å². The van der Waals surface area contributed by atoms with Crippen LogP contribution in [0.2, 0.25) is 0 Å². The fourth-order valence-corrected chi connectivity index (χ4v) is 4.13. The van der Waals surface area contributed by atoms with Gasteiger partial charge in [-0.3, -0.25) is 0 Å². The van der Waals surface area contributed by atoms with Gasteiger partial charge in [-0.15, -0.1) is 11.3 Å². The largest absolute Gasteiger partial charge is 0.311 e. The molecule has 0 radical (unpaired) electrons. The Bertz CT molecular complexity index is 448. The summed E-state index contributed by atoms with van der Waals surface area (Å²) in [6.45, 7) is 3.75. The Kier molecular flexibility index (Phi) is 4.57. The first-order chi connectivity index (χ1) is 7.27. The smallest absolute Gasteiger partial charge is 0.151 e. The van der Waals surface area contributed by atoms with E-state index in [1.807, 2.05) is 13.0 Å². The second-order valence-corrected chi connectivity index (χ2v) is 8.40. The Morgan fingerprint density at radius 3 is 2.38 bits per heavy atom. The quantitative estimate of drug-likeness (QED) is 0.925. The Morgan fingerprint density at radius 2 is 2.06 bits per heavy atom. The number of halogens is 1. The molecule has 16 heavy (non-hydrogen) atoms. The van der Waals surface area contributed by atoms with Crippen LogP contribution in [0.3, 0.4) is 0 Å². The number of hydrogen-bond donors (Lipinski definition) is 1. The molecule has 6 heteroatoms. The van der Waals surface area contributed by atoms with Crippen molar-refractivity contribution in [2.75, 3.05) is 13.3 Å². The van der Waals surface area contributed by atoms with Gasteiger partial charge in [0.05, 0.1) is 11.3 Å². The van der Waals surface area contributed by atoms with E-state index >= 15 is 0 Å². The van der Waals surface area contributed by atoms with Crippen LogP contribution in [0.5, 0.6) is 0 Å². The predicted molar refractivity (Wildman–Crippen MR) is 72.9 cm³/mol. The lowest BCUT2D eigenvalue weighted by atomic mass is 10.2. The molecule has 1 aromatic rings. The third-order valence-electron chi connectivity index (χ3n) is 2.64. The molecule has 0 aliphatic rings. The standard InChI is InChI=1S/C10H16BrNO2S2/c1-6-8(11)5-9(15-6)10(12-3)7(2)16(4,13)14/h5,7,10,12H,1-4H3. The first kappa shape index (κ1) is 14.2. The van der Waals surface area contributed by atoms with Crippen LogP contribution in [0.25, 0.3) is 0 Å². The maximum absolute atomic E-state index is 11.5. The third-order valence-corrected chi connectivity index (χ3v) is 6.48. The minimum Gasteiger partial charge on any atom is -0.311 e. The summed E-state index contributed by atoms with van der Waals surface area (Å²) in [6, 6.07) is 1.84. The van der Waals surface area contributed by atoms with Gasteiger partial charge in [-0.1, -0.05) is 0 Å². The molecule has 92 valence electrons. The minimum atomic E-state index is -3.04. The molecule has 0 aliphatic heterocycles. The van der Waals surface area contributed by atoms with Crippen molar-refractivity contribution in [3.63, 3.8) is 0 Å². The van der Waals surface area contributed by atoms with Gasteiger partial charge in [0.2, 0.25) is 0 Å². The number of hydrogen-bond acceptors (Lipinski definition) is 4. The molecule has 2 atom stereocenters. The highest BCUT2D eigenvalue weighted by molar-refractivity contribution is 9.10. The van der Waals surface area contributed by atoms with E-state index in [0.717, 1.165) is 14.2 Å². The Labute approximate surface area is 109 Å². The van der Waals surface area contributed by atoms with Crippen molar-refractivity contribution in [3.05, 3.63) is 20.3 Å². The summed E-state index contributed by atoms with van der Waals surface area (Å²) in [5, 5.41) is 2.65. The molecule has 1 heterocycles. The molecule has 1 N–H and O–H groups in total.